The summed E-state index contributed by atoms with van der Waals surface area (Å²) >= 11 is 0. The molecular weight excluding hydrogens is 290 g/mol. The summed E-state index contributed by atoms with van der Waals surface area (Å²) < 4.78 is 0. The average Bonchev–Trinajstić information content (AvgIpc) is 2.84. The molecular formula is C18H27N3O2. The fourth-order valence-corrected chi connectivity index (χ4v) is 2.77. The molecule has 1 aliphatic heterocycles. The number of carbonyl (C=O) groups is 2. The Morgan fingerprint density at radius 2 is 1.87 bits per heavy atom. The largest absolute Gasteiger partial charge is 0.339 e. The van der Waals surface area contributed by atoms with Gasteiger partial charge in [0.25, 0.3) is 5.91 Å². The van der Waals surface area contributed by atoms with Gasteiger partial charge in [-0.3, -0.25) is 9.59 Å². The second-order valence-electron chi connectivity index (χ2n) is 6.01. The van der Waals surface area contributed by atoms with Gasteiger partial charge in [0.1, 0.15) is 0 Å². The van der Waals surface area contributed by atoms with Gasteiger partial charge in [-0.2, -0.15) is 0 Å². The van der Waals surface area contributed by atoms with Gasteiger partial charge in [-0.25, -0.2) is 0 Å². The predicted octanol–water partition coefficient (Wildman–Crippen LogP) is 2.64. The number of anilines is 1. The third-order valence-corrected chi connectivity index (χ3v) is 4.00. The Bertz CT molecular complexity index is 523. The van der Waals surface area contributed by atoms with Crippen LogP contribution in [0.3, 0.4) is 0 Å². The molecule has 5 heteroatoms. The van der Waals surface area contributed by atoms with E-state index in [1.807, 2.05) is 23.1 Å². The summed E-state index contributed by atoms with van der Waals surface area (Å²) in [6.45, 7) is 4.83. The molecule has 5 nitrogen and oxygen atoms in total. The first-order chi connectivity index (χ1) is 11.2. The fourth-order valence-electron chi connectivity index (χ4n) is 2.77. The maximum atomic E-state index is 12.6. The molecule has 0 spiro atoms. The van der Waals surface area contributed by atoms with E-state index < -0.39 is 0 Å². The van der Waals surface area contributed by atoms with E-state index in [0.717, 1.165) is 38.9 Å². The highest BCUT2D eigenvalue weighted by Gasteiger charge is 2.17. The van der Waals surface area contributed by atoms with Gasteiger partial charge in [0.05, 0.1) is 6.54 Å². The quantitative estimate of drug-likeness (QED) is 0.793. The molecule has 0 saturated carbocycles. The summed E-state index contributed by atoms with van der Waals surface area (Å²) in [7, 11) is 0. The molecule has 0 aliphatic carbocycles. The van der Waals surface area contributed by atoms with Crippen LogP contribution in [0.1, 0.15) is 49.4 Å². The van der Waals surface area contributed by atoms with Gasteiger partial charge >= 0.3 is 0 Å². The summed E-state index contributed by atoms with van der Waals surface area (Å²) in [5, 5.41) is 5.90. The van der Waals surface area contributed by atoms with Gasteiger partial charge in [-0.15, -0.1) is 0 Å². The van der Waals surface area contributed by atoms with Crippen molar-refractivity contribution in [1.29, 1.82) is 0 Å². The van der Waals surface area contributed by atoms with Gasteiger partial charge in [-0.1, -0.05) is 25.8 Å². The van der Waals surface area contributed by atoms with Crippen molar-refractivity contribution in [1.82, 2.24) is 10.2 Å². The smallest absolute Gasteiger partial charge is 0.253 e. The van der Waals surface area contributed by atoms with E-state index in [-0.39, 0.29) is 18.4 Å². The summed E-state index contributed by atoms with van der Waals surface area (Å²) in [6, 6.07) is 7.22. The van der Waals surface area contributed by atoms with Crippen molar-refractivity contribution >= 4 is 17.5 Å². The Morgan fingerprint density at radius 1 is 1.13 bits per heavy atom. The molecule has 0 bridgehead atoms. The minimum absolute atomic E-state index is 0.0621. The van der Waals surface area contributed by atoms with Crippen LogP contribution < -0.4 is 10.6 Å². The van der Waals surface area contributed by atoms with E-state index in [4.69, 9.17) is 0 Å². The Labute approximate surface area is 138 Å². The molecule has 2 N–H and O–H groups in total. The van der Waals surface area contributed by atoms with Crippen LogP contribution in [0.4, 0.5) is 5.69 Å². The highest BCUT2D eigenvalue weighted by molar-refractivity contribution is 5.97. The van der Waals surface area contributed by atoms with E-state index >= 15 is 0 Å². The number of nitrogens with one attached hydrogen (secondary N) is 2. The molecule has 1 heterocycles. The Morgan fingerprint density at radius 3 is 2.57 bits per heavy atom. The van der Waals surface area contributed by atoms with Gasteiger partial charge < -0.3 is 15.5 Å². The maximum Gasteiger partial charge on any atom is 0.253 e. The van der Waals surface area contributed by atoms with Crippen LogP contribution in [-0.2, 0) is 4.79 Å². The molecule has 0 radical (unpaired) electrons. The van der Waals surface area contributed by atoms with E-state index in [2.05, 4.69) is 17.6 Å². The van der Waals surface area contributed by atoms with Gasteiger partial charge in [0, 0.05) is 24.3 Å². The lowest BCUT2D eigenvalue weighted by atomic mass is 10.1. The number of nitrogens with zero attached hydrogens (tertiary/aromatic N) is 1. The molecule has 0 unspecified atom stereocenters. The fraction of sp³-hybridized carbons (Fsp3) is 0.556. The zero-order valence-electron chi connectivity index (χ0n) is 13.9. The number of hydrogen-bond acceptors (Lipinski definition) is 3. The first-order valence-corrected chi connectivity index (χ1v) is 8.60. The first-order valence-electron chi connectivity index (χ1n) is 8.60. The average molecular weight is 317 g/mol. The van der Waals surface area contributed by atoms with E-state index in [1.165, 1.54) is 12.8 Å². The minimum Gasteiger partial charge on any atom is -0.339 e. The number of amides is 2. The molecule has 2 amide bonds. The zero-order valence-corrected chi connectivity index (χ0v) is 13.9. The Balaban J connectivity index is 1.95. The molecule has 1 saturated heterocycles. The van der Waals surface area contributed by atoms with Crippen LogP contribution in [0.15, 0.2) is 24.3 Å². The van der Waals surface area contributed by atoms with E-state index in [9.17, 15) is 9.59 Å². The van der Waals surface area contributed by atoms with Crippen molar-refractivity contribution in [2.75, 3.05) is 31.5 Å². The topological polar surface area (TPSA) is 61.4 Å². The standard InChI is InChI=1S/C18H27N3O2/c1-2-10-19-14-17(22)20-16-9-7-8-15(13-16)18(23)21-11-5-3-4-6-12-21/h7-9,13,19H,2-6,10-12,14H2,1H3,(H,20,22). The SMILES string of the molecule is CCCNCC(=O)Nc1cccc(C(=O)N2CCCCCC2)c1. The monoisotopic (exact) mass is 317 g/mol. The number of rotatable bonds is 6. The normalized spacial score (nSPS) is 15.1. The number of likely N-dealkylation sites (tertiary alicyclic amines) is 1. The molecule has 0 aromatic heterocycles. The lowest BCUT2D eigenvalue weighted by molar-refractivity contribution is -0.115. The number of hydrogen-bond donors (Lipinski definition) is 2. The van der Waals surface area contributed by atoms with Gasteiger partial charge in [0.2, 0.25) is 5.91 Å². The third-order valence-electron chi connectivity index (χ3n) is 4.00. The minimum atomic E-state index is -0.0854. The number of carbonyl (C=O) groups excluding carboxylic acids is 2. The van der Waals surface area contributed by atoms with E-state index in [1.54, 1.807) is 6.07 Å². The van der Waals surface area contributed by atoms with Crippen LogP contribution in [0.2, 0.25) is 0 Å². The molecule has 126 valence electrons. The van der Waals surface area contributed by atoms with E-state index in [0.29, 0.717) is 11.3 Å². The molecule has 1 aromatic carbocycles. The molecule has 2 rings (SSSR count). The highest BCUT2D eigenvalue weighted by atomic mass is 16.2. The Kier molecular flexibility index (Phi) is 7.07. The third kappa shape index (κ3) is 5.67. The molecule has 1 aromatic rings. The number of benzene rings is 1. The van der Waals surface area contributed by atoms with Gasteiger partial charge in [0.15, 0.2) is 0 Å². The van der Waals surface area contributed by atoms with Crippen LogP contribution in [-0.4, -0.2) is 42.9 Å². The van der Waals surface area contributed by atoms with Crippen LogP contribution in [0, 0.1) is 0 Å². The van der Waals surface area contributed by atoms with Crippen molar-refractivity contribution in [2.24, 2.45) is 0 Å². The van der Waals surface area contributed by atoms with Gasteiger partial charge in [-0.05, 0) is 44.0 Å². The molecule has 23 heavy (non-hydrogen) atoms. The lowest BCUT2D eigenvalue weighted by Crippen LogP contribution is -2.32. The predicted molar refractivity (Wildman–Crippen MR) is 92.6 cm³/mol. The summed E-state index contributed by atoms with van der Waals surface area (Å²) in [5.41, 5.74) is 1.32. The molecule has 0 atom stereocenters. The molecule has 1 aliphatic rings. The second-order valence-corrected chi connectivity index (χ2v) is 6.01. The maximum absolute atomic E-state index is 12.6. The van der Waals surface area contributed by atoms with Crippen LogP contribution in [0.5, 0.6) is 0 Å². The first kappa shape index (κ1) is 17.5. The van der Waals surface area contributed by atoms with Crippen molar-refractivity contribution < 1.29 is 9.59 Å². The second kappa shape index (κ2) is 9.30. The van der Waals surface area contributed by atoms with Crippen LogP contribution >= 0.6 is 0 Å². The molecule has 1 fully saturated rings. The van der Waals surface area contributed by atoms with Crippen LogP contribution in [0.25, 0.3) is 0 Å². The zero-order chi connectivity index (χ0) is 16.5. The van der Waals surface area contributed by atoms with Crippen molar-refractivity contribution in [3.05, 3.63) is 29.8 Å². The Hall–Kier alpha value is -1.88. The van der Waals surface area contributed by atoms with Crippen molar-refractivity contribution in [3.63, 3.8) is 0 Å². The summed E-state index contributed by atoms with van der Waals surface area (Å²) in [5.74, 6) is -0.0232. The van der Waals surface area contributed by atoms with Crippen molar-refractivity contribution in [3.8, 4) is 0 Å². The highest BCUT2D eigenvalue weighted by Crippen LogP contribution is 2.16. The summed E-state index contributed by atoms with van der Waals surface area (Å²) in [6.07, 6.45) is 5.54. The lowest BCUT2D eigenvalue weighted by Gasteiger charge is -2.20. The summed E-state index contributed by atoms with van der Waals surface area (Å²) in [4.78, 5) is 26.4. The van der Waals surface area contributed by atoms with Crippen molar-refractivity contribution in [2.45, 2.75) is 39.0 Å².